The van der Waals surface area contributed by atoms with E-state index in [4.69, 9.17) is 5.73 Å². The lowest BCUT2D eigenvalue weighted by molar-refractivity contribution is 0.261. The topological polar surface area (TPSA) is 58.3 Å². The van der Waals surface area contributed by atoms with Crippen LogP contribution in [0.4, 0.5) is 11.5 Å². The van der Waals surface area contributed by atoms with Crippen molar-refractivity contribution in [2.45, 2.75) is 6.42 Å². The average Bonchev–Trinajstić information content (AvgIpc) is 2.55. The van der Waals surface area contributed by atoms with Crippen molar-refractivity contribution in [2.24, 2.45) is 0 Å². The molecule has 0 aromatic carbocycles. The van der Waals surface area contributed by atoms with Gasteiger partial charge in [-0.05, 0) is 30.2 Å². The number of piperazine rings is 1. The minimum Gasteiger partial charge on any atom is -0.384 e. The van der Waals surface area contributed by atoms with E-state index >= 15 is 0 Å². The molecule has 21 heavy (non-hydrogen) atoms. The van der Waals surface area contributed by atoms with Gasteiger partial charge in [-0.15, -0.1) is 0 Å². The fourth-order valence-corrected chi connectivity index (χ4v) is 2.65. The van der Waals surface area contributed by atoms with Crippen LogP contribution in [0.3, 0.4) is 0 Å². The van der Waals surface area contributed by atoms with E-state index in [1.807, 2.05) is 36.8 Å². The van der Waals surface area contributed by atoms with Gasteiger partial charge in [-0.1, -0.05) is 6.07 Å². The Bertz CT molecular complexity index is 547. The second-order valence-corrected chi connectivity index (χ2v) is 5.38. The van der Waals surface area contributed by atoms with Crippen LogP contribution in [-0.4, -0.2) is 47.6 Å². The van der Waals surface area contributed by atoms with Gasteiger partial charge in [0.15, 0.2) is 0 Å². The number of rotatable bonds is 4. The molecule has 0 atom stereocenters. The highest BCUT2D eigenvalue weighted by Gasteiger charge is 2.17. The molecule has 0 radical (unpaired) electrons. The molecule has 1 saturated heterocycles. The first-order valence-corrected chi connectivity index (χ1v) is 7.39. The molecule has 5 heteroatoms. The average molecular weight is 283 g/mol. The second-order valence-electron chi connectivity index (χ2n) is 5.38. The van der Waals surface area contributed by atoms with Gasteiger partial charge in [0.05, 0.1) is 11.9 Å². The molecule has 3 heterocycles. The zero-order valence-electron chi connectivity index (χ0n) is 12.2. The maximum Gasteiger partial charge on any atom is 0.123 e. The third kappa shape index (κ3) is 3.70. The number of hydrogen-bond donors (Lipinski definition) is 1. The van der Waals surface area contributed by atoms with E-state index in [2.05, 4.69) is 25.8 Å². The molecular weight excluding hydrogens is 262 g/mol. The summed E-state index contributed by atoms with van der Waals surface area (Å²) in [4.78, 5) is 13.2. The van der Waals surface area contributed by atoms with Crippen LogP contribution in [-0.2, 0) is 6.42 Å². The smallest absolute Gasteiger partial charge is 0.123 e. The zero-order chi connectivity index (χ0) is 14.5. The Kier molecular flexibility index (Phi) is 4.31. The highest BCUT2D eigenvalue weighted by Crippen LogP contribution is 2.16. The Labute approximate surface area is 125 Å². The number of anilines is 2. The molecule has 1 aliphatic heterocycles. The first-order chi connectivity index (χ1) is 10.3. The Morgan fingerprint density at radius 3 is 2.57 bits per heavy atom. The van der Waals surface area contributed by atoms with Gasteiger partial charge in [-0.25, -0.2) is 4.98 Å². The van der Waals surface area contributed by atoms with Gasteiger partial charge in [0.2, 0.25) is 0 Å². The van der Waals surface area contributed by atoms with E-state index in [0.29, 0.717) is 5.82 Å². The molecule has 0 aliphatic carbocycles. The van der Waals surface area contributed by atoms with Gasteiger partial charge in [-0.3, -0.25) is 9.88 Å². The first kappa shape index (κ1) is 13.8. The molecule has 0 amide bonds. The van der Waals surface area contributed by atoms with E-state index in [9.17, 15) is 0 Å². The van der Waals surface area contributed by atoms with Crippen molar-refractivity contribution in [2.75, 3.05) is 43.4 Å². The predicted molar refractivity (Wildman–Crippen MR) is 85.2 cm³/mol. The molecule has 0 bridgehead atoms. The monoisotopic (exact) mass is 283 g/mol. The largest absolute Gasteiger partial charge is 0.384 e. The lowest BCUT2D eigenvalue weighted by Crippen LogP contribution is -2.47. The van der Waals surface area contributed by atoms with Crippen LogP contribution in [0.2, 0.25) is 0 Å². The Morgan fingerprint density at radius 1 is 1.05 bits per heavy atom. The molecule has 2 aromatic heterocycles. The van der Waals surface area contributed by atoms with Crippen LogP contribution in [0.1, 0.15) is 5.56 Å². The zero-order valence-corrected chi connectivity index (χ0v) is 12.2. The molecule has 110 valence electrons. The predicted octanol–water partition coefficient (Wildman–Crippen LogP) is 1.42. The number of aromatic nitrogens is 2. The van der Waals surface area contributed by atoms with Gasteiger partial charge in [0.25, 0.3) is 0 Å². The van der Waals surface area contributed by atoms with E-state index in [1.54, 1.807) is 0 Å². The summed E-state index contributed by atoms with van der Waals surface area (Å²) in [5, 5.41) is 0. The van der Waals surface area contributed by atoms with Crippen LogP contribution in [0.25, 0.3) is 0 Å². The van der Waals surface area contributed by atoms with Crippen molar-refractivity contribution in [1.29, 1.82) is 0 Å². The van der Waals surface area contributed by atoms with Gasteiger partial charge >= 0.3 is 0 Å². The van der Waals surface area contributed by atoms with Crippen LogP contribution in [0, 0.1) is 0 Å². The molecule has 0 unspecified atom stereocenters. The molecule has 2 aromatic rings. The molecule has 1 aliphatic rings. The van der Waals surface area contributed by atoms with Gasteiger partial charge in [0, 0.05) is 45.1 Å². The van der Waals surface area contributed by atoms with E-state index in [1.165, 1.54) is 5.56 Å². The number of pyridine rings is 2. The quantitative estimate of drug-likeness (QED) is 0.919. The summed E-state index contributed by atoms with van der Waals surface area (Å²) in [6.45, 7) is 5.35. The van der Waals surface area contributed by atoms with Gasteiger partial charge in [0.1, 0.15) is 5.82 Å². The van der Waals surface area contributed by atoms with E-state index in [-0.39, 0.29) is 0 Å². The minimum absolute atomic E-state index is 0.578. The minimum atomic E-state index is 0.578. The Hall–Kier alpha value is -2.14. The van der Waals surface area contributed by atoms with Crippen molar-refractivity contribution < 1.29 is 0 Å². The van der Waals surface area contributed by atoms with Crippen LogP contribution in [0.5, 0.6) is 0 Å². The Morgan fingerprint density at radius 2 is 1.90 bits per heavy atom. The normalized spacial score (nSPS) is 16.1. The van der Waals surface area contributed by atoms with Crippen molar-refractivity contribution >= 4 is 11.5 Å². The fourth-order valence-electron chi connectivity index (χ4n) is 2.65. The van der Waals surface area contributed by atoms with Crippen LogP contribution >= 0.6 is 0 Å². The standard InChI is InChI=1S/C16H21N5/c17-16-4-3-15(13-19-16)21-10-8-20(9-11-21)7-5-14-2-1-6-18-12-14/h1-4,6,12-13H,5,7-11H2,(H2,17,19). The van der Waals surface area contributed by atoms with Crippen molar-refractivity contribution in [3.63, 3.8) is 0 Å². The first-order valence-electron chi connectivity index (χ1n) is 7.39. The fraction of sp³-hybridized carbons (Fsp3) is 0.375. The third-order valence-electron chi connectivity index (χ3n) is 3.95. The molecule has 0 saturated carbocycles. The lowest BCUT2D eigenvalue weighted by atomic mass is 10.2. The maximum atomic E-state index is 5.63. The molecule has 5 nitrogen and oxygen atoms in total. The SMILES string of the molecule is Nc1ccc(N2CCN(CCc3cccnc3)CC2)cn1. The summed E-state index contributed by atoms with van der Waals surface area (Å²) in [7, 11) is 0. The van der Waals surface area contributed by atoms with Crippen molar-refractivity contribution in [3.05, 3.63) is 48.4 Å². The molecule has 0 spiro atoms. The summed E-state index contributed by atoms with van der Waals surface area (Å²) >= 11 is 0. The van der Waals surface area contributed by atoms with Gasteiger partial charge < -0.3 is 10.6 Å². The number of nitrogen functional groups attached to an aromatic ring is 1. The summed E-state index contributed by atoms with van der Waals surface area (Å²) in [5.41, 5.74) is 8.10. The third-order valence-corrected chi connectivity index (χ3v) is 3.95. The molecule has 3 rings (SSSR count). The van der Waals surface area contributed by atoms with Crippen molar-refractivity contribution in [3.8, 4) is 0 Å². The highest BCUT2D eigenvalue weighted by atomic mass is 15.3. The molecular formula is C16H21N5. The van der Waals surface area contributed by atoms with Crippen LogP contribution < -0.4 is 10.6 Å². The van der Waals surface area contributed by atoms with Crippen molar-refractivity contribution in [1.82, 2.24) is 14.9 Å². The summed E-state index contributed by atoms with van der Waals surface area (Å²) in [5.74, 6) is 0.578. The summed E-state index contributed by atoms with van der Waals surface area (Å²) < 4.78 is 0. The Balaban J connectivity index is 1.48. The van der Waals surface area contributed by atoms with Crippen LogP contribution in [0.15, 0.2) is 42.9 Å². The lowest BCUT2D eigenvalue weighted by Gasteiger charge is -2.35. The summed E-state index contributed by atoms with van der Waals surface area (Å²) in [6.07, 6.45) is 6.71. The van der Waals surface area contributed by atoms with Gasteiger partial charge in [-0.2, -0.15) is 0 Å². The maximum absolute atomic E-state index is 5.63. The number of nitrogens with two attached hydrogens (primary N) is 1. The highest BCUT2D eigenvalue weighted by molar-refractivity contribution is 5.48. The number of hydrogen-bond acceptors (Lipinski definition) is 5. The van der Waals surface area contributed by atoms with E-state index < -0.39 is 0 Å². The molecule has 1 fully saturated rings. The number of nitrogens with zero attached hydrogens (tertiary/aromatic N) is 4. The second kappa shape index (κ2) is 6.54. The molecule has 2 N–H and O–H groups in total. The van der Waals surface area contributed by atoms with E-state index in [0.717, 1.165) is 44.8 Å². The summed E-state index contributed by atoms with van der Waals surface area (Å²) in [6, 6.07) is 8.06.